The molecule has 4 aromatic heterocycles. The zero-order valence-corrected chi connectivity index (χ0v) is 18.0. The quantitative estimate of drug-likeness (QED) is 0.476. The average molecular weight is 420 g/mol. The minimum Gasteiger partial charge on any atom is -0.390 e. The molecule has 0 saturated carbocycles. The Morgan fingerprint density at radius 1 is 1.13 bits per heavy atom. The third-order valence-corrected chi connectivity index (χ3v) is 5.01. The van der Waals surface area contributed by atoms with E-state index in [1.54, 1.807) is 43.1 Å². The highest BCUT2D eigenvalue weighted by molar-refractivity contribution is 5.89. The Labute approximate surface area is 180 Å². The summed E-state index contributed by atoms with van der Waals surface area (Å²) in [5, 5.41) is 18.0. The molecule has 7 nitrogen and oxygen atoms in total. The molecule has 0 radical (unpaired) electrons. The van der Waals surface area contributed by atoms with Gasteiger partial charge in [0.2, 0.25) is 0 Å². The van der Waals surface area contributed by atoms with E-state index in [9.17, 15) is 9.50 Å². The standard InChI is InChI=1S/C23H25FN6O/c1-14-12-26-19(21-16(24)6-5-15(2)27-21)11-18(14)28-17-7-9-25-20-13-30(29-22(17)20)10-8-23(3,4)31/h5-7,9,11-13,31H,8,10H2,1-4H3,(H,26,28). The summed E-state index contributed by atoms with van der Waals surface area (Å²) < 4.78 is 16.1. The van der Waals surface area contributed by atoms with Gasteiger partial charge in [-0.15, -0.1) is 0 Å². The van der Waals surface area contributed by atoms with Crippen molar-refractivity contribution >= 4 is 22.4 Å². The Bertz CT molecular complexity index is 1240. The zero-order chi connectivity index (χ0) is 22.2. The van der Waals surface area contributed by atoms with Crippen LogP contribution in [0.15, 0.2) is 42.9 Å². The second-order valence-corrected chi connectivity index (χ2v) is 8.34. The lowest BCUT2D eigenvalue weighted by atomic mass is 10.1. The molecule has 0 spiro atoms. The van der Waals surface area contributed by atoms with E-state index < -0.39 is 11.4 Å². The normalized spacial score (nSPS) is 11.8. The van der Waals surface area contributed by atoms with Crippen LogP contribution in [0.5, 0.6) is 0 Å². The molecule has 0 aromatic carbocycles. The number of aliphatic hydroxyl groups is 1. The van der Waals surface area contributed by atoms with Crippen molar-refractivity contribution in [3.63, 3.8) is 0 Å². The molecule has 4 rings (SSSR count). The Morgan fingerprint density at radius 3 is 2.71 bits per heavy atom. The van der Waals surface area contributed by atoms with Gasteiger partial charge in [-0.25, -0.2) is 9.37 Å². The van der Waals surface area contributed by atoms with Crippen LogP contribution in [-0.2, 0) is 6.54 Å². The van der Waals surface area contributed by atoms with Crippen LogP contribution in [0.3, 0.4) is 0 Å². The summed E-state index contributed by atoms with van der Waals surface area (Å²) in [6, 6.07) is 6.67. The first-order valence-electron chi connectivity index (χ1n) is 10.1. The van der Waals surface area contributed by atoms with E-state index in [-0.39, 0.29) is 5.69 Å². The molecule has 0 aliphatic rings. The largest absolute Gasteiger partial charge is 0.390 e. The fourth-order valence-corrected chi connectivity index (χ4v) is 3.22. The van der Waals surface area contributed by atoms with Gasteiger partial charge < -0.3 is 10.4 Å². The maximum atomic E-state index is 14.3. The van der Waals surface area contributed by atoms with Gasteiger partial charge in [0.25, 0.3) is 0 Å². The van der Waals surface area contributed by atoms with Gasteiger partial charge in [-0.1, -0.05) is 0 Å². The van der Waals surface area contributed by atoms with Gasteiger partial charge in [-0.3, -0.25) is 14.6 Å². The molecule has 0 unspecified atom stereocenters. The predicted octanol–water partition coefficient (Wildman–Crippen LogP) is 4.55. The highest BCUT2D eigenvalue weighted by Crippen LogP contribution is 2.29. The van der Waals surface area contributed by atoms with E-state index in [0.29, 0.717) is 18.7 Å². The van der Waals surface area contributed by atoms with Crippen LogP contribution in [-0.4, -0.2) is 35.4 Å². The van der Waals surface area contributed by atoms with Crippen LogP contribution in [0.2, 0.25) is 0 Å². The third kappa shape index (κ3) is 4.69. The van der Waals surface area contributed by atoms with Crippen molar-refractivity contribution in [2.75, 3.05) is 5.32 Å². The van der Waals surface area contributed by atoms with Crippen LogP contribution in [0, 0.1) is 19.7 Å². The summed E-state index contributed by atoms with van der Waals surface area (Å²) in [5.74, 6) is -0.412. The third-order valence-electron chi connectivity index (χ3n) is 5.01. The first-order valence-corrected chi connectivity index (χ1v) is 10.1. The highest BCUT2D eigenvalue weighted by atomic mass is 19.1. The number of nitrogens with zero attached hydrogens (tertiary/aromatic N) is 5. The number of hydrogen-bond acceptors (Lipinski definition) is 6. The van der Waals surface area contributed by atoms with Crippen molar-refractivity contribution < 1.29 is 9.50 Å². The van der Waals surface area contributed by atoms with Gasteiger partial charge in [0.05, 0.1) is 23.2 Å². The molecule has 160 valence electrons. The molecule has 0 aliphatic heterocycles. The van der Waals surface area contributed by atoms with Gasteiger partial charge >= 0.3 is 0 Å². The lowest BCUT2D eigenvalue weighted by Crippen LogP contribution is -2.21. The van der Waals surface area contributed by atoms with E-state index in [1.165, 1.54) is 6.07 Å². The topological polar surface area (TPSA) is 88.8 Å². The van der Waals surface area contributed by atoms with Crippen molar-refractivity contribution in [1.29, 1.82) is 0 Å². The second-order valence-electron chi connectivity index (χ2n) is 8.34. The first kappa shape index (κ1) is 20.9. The number of rotatable bonds is 6. The molecular weight excluding hydrogens is 395 g/mol. The zero-order valence-electron chi connectivity index (χ0n) is 18.0. The minimum absolute atomic E-state index is 0.221. The monoisotopic (exact) mass is 420 g/mol. The SMILES string of the molecule is Cc1ccc(F)c(-c2cc(Nc3ccnc4cn(CCC(C)(C)O)nc34)c(C)cn2)n1. The number of nitrogens with one attached hydrogen (secondary N) is 1. The second kappa shape index (κ2) is 8.03. The molecule has 2 N–H and O–H groups in total. The number of pyridine rings is 3. The van der Waals surface area contributed by atoms with Gasteiger partial charge in [-0.2, -0.15) is 5.10 Å². The highest BCUT2D eigenvalue weighted by Gasteiger charge is 2.15. The number of halogens is 1. The molecule has 4 heterocycles. The number of hydrogen-bond donors (Lipinski definition) is 2. The van der Waals surface area contributed by atoms with E-state index in [0.717, 1.165) is 33.7 Å². The number of anilines is 2. The molecular formula is C23H25FN6O. The fraction of sp³-hybridized carbons (Fsp3) is 0.304. The summed E-state index contributed by atoms with van der Waals surface area (Å²) in [7, 11) is 0. The lowest BCUT2D eigenvalue weighted by molar-refractivity contribution is 0.0651. The molecule has 0 bridgehead atoms. The van der Waals surface area contributed by atoms with Gasteiger partial charge in [-0.05, 0) is 63.9 Å². The van der Waals surface area contributed by atoms with E-state index >= 15 is 0 Å². The molecule has 31 heavy (non-hydrogen) atoms. The molecule has 0 atom stereocenters. The van der Waals surface area contributed by atoms with Crippen molar-refractivity contribution in [2.45, 2.75) is 46.3 Å². The van der Waals surface area contributed by atoms with Crippen molar-refractivity contribution in [3.8, 4) is 11.4 Å². The van der Waals surface area contributed by atoms with Crippen molar-refractivity contribution in [1.82, 2.24) is 24.7 Å². The van der Waals surface area contributed by atoms with Crippen molar-refractivity contribution in [3.05, 3.63) is 59.9 Å². The van der Waals surface area contributed by atoms with Gasteiger partial charge in [0.1, 0.15) is 16.7 Å². The van der Waals surface area contributed by atoms with Gasteiger partial charge in [0.15, 0.2) is 5.82 Å². The molecule has 4 aromatic rings. The Balaban J connectivity index is 1.67. The molecule has 0 fully saturated rings. The van der Waals surface area contributed by atoms with Crippen LogP contribution in [0.1, 0.15) is 31.5 Å². The number of aryl methyl sites for hydroxylation is 3. The maximum Gasteiger partial charge on any atom is 0.151 e. The van der Waals surface area contributed by atoms with Crippen LogP contribution < -0.4 is 5.32 Å². The molecule has 0 saturated heterocycles. The maximum absolute atomic E-state index is 14.3. The smallest absolute Gasteiger partial charge is 0.151 e. The van der Waals surface area contributed by atoms with E-state index in [1.807, 2.05) is 26.1 Å². The van der Waals surface area contributed by atoms with Crippen LogP contribution >= 0.6 is 0 Å². The Kier molecular flexibility index (Phi) is 5.41. The molecule has 8 heteroatoms. The molecule has 0 aliphatic carbocycles. The lowest BCUT2D eigenvalue weighted by Gasteiger charge is -2.16. The molecule has 0 amide bonds. The summed E-state index contributed by atoms with van der Waals surface area (Å²) in [4.78, 5) is 13.1. The first-order chi connectivity index (χ1) is 14.7. The fourth-order valence-electron chi connectivity index (χ4n) is 3.22. The number of fused-ring (bicyclic) bond motifs is 1. The number of aromatic nitrogens is 5. The van der Waals surface area contributed by atoms with Crippen LogP contribution in [0.25, 0.3) is 22.4 Å². The van der Waals surface area contributed by atoms with Crippen LogP contribution in [0.4, 0.5) is 15.8 Å². The Hall–Kier alpha value is -3.39. The Morgan fingerprint density at radius 2 is 1.94 bits per heavy atom. The van der Waals surface area contributed by atoms with E-state index in [2.05, 4.69) is 25.4 Å². The van der Waals surface area contributed by atoms with Crippen molar-refractivity contribution in [2.24, 2.45) is 0 Å². The average Bonchev–Trinajstić information content (AvgIpc) is 3.14. The summed E-state index contributed by atoms with van der Waals surface area (Å²) in [5.41, 5.74) is 4.57. The summed E-state index contributed by atoms with van der Waals surface area (Å²) >= 11 is 0. The summed E-state index contributed by atoms with van der Waals surface area (Å²) in [6.45, 7) is 7.88. The predicted molar refractivity (Wildman–Crippen MR) is 119 cm³/mol. The van der Waals surface area contributed by atoms with Gasteiger partial charge in [0, 0.05) is 30.3 Å². The summed E-state index contributed by atoms with van der Waals surface area (Å²) in [6.07, 6.45) is 5.85. The van der Waals surface area contributed by atoms with E-state index in [4.69, 9.17) is 0 Å². The minimum atomic E-state index is -0.768.